The van der Waals surface area contributed by atoms with E-state index in [9.17, 15) is 9.59 Å². The first-order valence-electron chi connectivity index (χ1n) is 6.07. The van der Waals surface area contributed by atoms with Crippen LogP contribution in [0.25, 0.3) is 0 Å². The van der Waals surface area contributed by atoms with Crippen molar-refractivity contribution in [3.05, 3.63) is 17.5 Å². The second-order valence-electron chi connectivity index (χ2n) is 4.82. The summed E-state index contributed by atoms with van der Waals surface area (Å²) in [4.78, 5) is 22.4. The Morgan fingerprint density at radius 1 is 1.50 bits per heavy atom. The summed E-state index contributed by atoms with van der Waals surface area (Å²) in [7, 11) is 0. The van der Waals surface area contributed by atoms with Crippen molar-refractivity contribution in [3.63, 3.8) is 0 Å². The van der Waals surface area contributed by atoms with E-state index in [1.165, 1.54) is 6.42 Å². The van der Waals surface area contributed by atoms with Gasteiger partial charge in [0.05, 0.1) is 0 Å². The van der Waals surface area contributed by atoms with E-state index < -0.39 is 5.97 Å². The monoisotopic (exact) mass is 252 g/mol. The predicted octanol–water partition coefficient (Wildman–Crippen LogP) is 1.68. The molecular formula is C12H16N2O4. The molecule has 0 bridgehead atoms. The van der Waals surface area contributed by atoms with Gasteiger partial charge in [-0.2, -0.15) is 0 Å². The minimum atomic E-state index is -1.23. The number of nitrogens with one attached hydrogen (secondary N) is 1. The third kappa shape index (κ3) is 2.88. The van der Waals surface area contributed by atoms with Crippen molar-refractivity contribution in [1.82, 2.24) is 10.5 Å². The average Bonchev–Trinajstić information content (AvgIpc) is 2.78. The summed E-state index contributed by atoms with van der Waals surface area (Å²) in [5.74, 6) is -1.31. The van der Waals surface area contributed by atoms with Gasteiger partial charge in [-0.15, -0.1) is 0 Å². The van der Waals surface area contributed by atoms with Gasteiger partial charge in [0.25, 0.3) is 5.91 Å². The Morgan fingerprint density at radius 2 is 2.28 bits per heavy atom. The number of aromatic nitrogens is 1. The maximum Gasteiger partial charge on any atom is 0.374 e. The van der Waals surface area contributed by atoms with Gasteiger partial charge in [-0.1, -0.05) is 24.9 Å². The largest absolute Gasteiger partial charge is 0.475 e. The highest BCUT2D eigenvalue weighted by Gasteiger charge is 2.23. The lowest BCUT2D eigenvalue weighted by Crippen LogP contribution is -2.38. The summed E-state index contributed by atoms with van der Waals surface area (Å²) in [6, 6.07) is 1.29. The Labute approximate surface area is 104 Å². The first-order valence-corrected chi connectivity index (χ1v) is 6.07. The Hall–Kier alpha value is -1.85. The maximum absolute atomic E-state index is 11.8. The van der Waals surface area contributed by atoms with Crippen LogP contribution in [-0.4, -0.2) is 28.2 Å². The third-order valence-corrected chi connectivity index (χ3v) is 3.23. The average molecular weight is 252 g/mol. The first-order chi connectivity index (χ1) is 8.56. The summed E-state index contributed by atoms with van der Waals surface area (Å²) < 4.78 is 4.55. The minimum Gasteiger partial charge on any atom is -0.475 e. The van der Waals surface area contributed by atoms with Crippen LogP contribution >= 0.6 is 0 Å². The summed E-state index contributed by atoms with van der Waals surface area (Å²) in [6.45, 7) is 2.16. The van der Waals surface area contributed by atoms with Gasteiger partial charge in [0.15, 0.2) is 5.69 Å². The Morgan fingerprint density at radius 3 is 2.89 bits per heavy atom. The number of amides is 1. The summed E-state index contributed by atoms with van der Waals surface area (Å²) >= 11 is 0. The molecule has 2 N–H and O–H groups in total. The van der Waals surface area contributed by atoms with Crippen molar-refractivity contribution in [1.29, 1.82) is 0 Å². The number of carbonyl (C=O) groups excluding carboxylic acids is 1. The zero-order valence-corrected chi connectivity index (χ0v) is 10.2. The zero-order valence-electron chi connectivity index (χ0n) is 10.2. The molecule has 6 heteroatoms. The molecule has 1 fully saturated rings. The van der Waals surface area contributed by atoms with E-state index in [0.29, 0.717) is 5.92 Å². The van der Waals surface area contributed by atoms with E-state index in [2.05, 4.69) is 21.9 Å². The number of nitrogens with zero attached hydrogens (tertiary/aromatic N) is 1. The lowest BCUT2D eigenvalue weighted by Gasteiger charge is -2.27. The molecule has 2 rings (SSSR count). The van der Waals surface area contributed by atoms with Gasteiger partial charge in [0.1, 0.15) is 0 Å². The molecule has 1 aromatic heterocycles. The van der Waals surface area contributed by atoms with Gasteiger partial charge in [-0.3, -0.25) is 4.79 Å². The van der Waals surface area contributed by atoms with E-state index in [0.717, 1.165) is 25.3 Å². The maximum atomic E-state index is 11.8. The van der Waals surface area contributed by atoms with Crippen molar-refractivity contribution in [2.24, 2.45) is 5.92 Å². The van der Waals surface area contributed by atoms with E-state index in [4.69, 9.17) is 5.11 Å². The summed E-state index contributed by atoms with van der Waals surface area (Å²) in [5.41, 5.74) is 0.0191. The lowest BCUT2D eigenvalue weighted by molar-refractivity contribution is 0.0650. The molecule has 0 saturated heterocycles. The number of rotatable bonds is 3. The fourth-order valence-electron chi connectivity index (χ4n) is 2.31. The molecule has 1 aliphatic carbocycles. The molecule has 1 heterocycles. The van der Waals surface area contributed by atoms with Crippen LogP contribution in [-0.2, 0) is 0 Å². The normalized spacial score (nSPS) is 23.6. The zero-order chi connectivity index (χ0) is 13.1. The molecule has 1 aliphatic rings. The van der Waals surface area contributed by atoms with Crippen LogP contribution < -0.4 is 5.32 Å². The number of aromatic carboxylic acids is 1. The number of hydrogen-bond donors (Lipinski definition) is 2. The molecule has 0 spiro atoms. The molecular weight excluding hydrogens is 236 g/mol. The molecule has 98 valence electrons. The van der Waals surface area contributed by atoms with Gasteiger partial charge in [-0.05, 0) is 18.8 Å². The predicted molar refractivity (Wildman–Crippen MR) is 62.3 cm³/mol. The van der Waals surface area contributed by atoms with Crippen molar-refractivity contribution in [2.75, 3.05) is 0 Å². The topological polar surface area (TPSA) is 92.4 Å². The van der Waals surface area contributed by atoms with Crippen molar-refractivity contribution < 1.29 is 19.2 Å². The van der Waals surface area contributed by atoms with E-state index in [-0.39, 0.29) is 23.4 Å². The molecule has 2 unspecified atom stereocenters. The smallest absolute Gasteiger partial charge is 0.374 e. The quantitative estimate of drug-likeness (QED) is 0.853. The van der Waals surface area contributed by atoms with Crippen molar-refractivity contribution >= 4 is 11.9 Å². The number of carboxylic acids is 1. The van der Waals surface area contributed by atoms with E-state index in [1.54, 1.807) is 0 Å². The number of hydrogen-bond acceptors (Lipinski definition) is 4. The number of carboxylic acid groups (broad SMARTS) is 1. The number of carbonyl (C=O) groups is 2. The third-order valence-electron chi connectivity index (χ3n) is 3.23. The van der Waals surface area contributed by atoms with Crippen LogP contribution in [0.5, 0.6) is 0 Å². The molecule has 1 aromatic rings. The van der Waals surface area contributed by atoms with Crippen LogP contribution in [0.3, 0.4) is 0 Å². The van der Waals surface area contributed by atoms with Crippen molar-refractivity contribution in [3.8, 4) is 0 Å². The summed E-state index contributed by atoms with van der Waals surface area (Å²) in [5, 5.41) is 15.0. The molecule has 2 atom stereocenters. The first kappa shape index (κ1) is 12.6. The highest BCUT2D eigenvalue weighted by molar-refractivity contribution is 5.94. The fourth-order valence-corrected chi connectivity index (χ4v) is 2.31. The Balaban J connectivity index is 1.96. The molecule has 0 radical (unpaired) electrons. The SMILES string of the molecule is CC1CCCC(NC(=O)c2cc(C(=O)O)on2)C1. The molecule has 18 heavy (non-hydrogen) atoms. The Bertz CT molecular complexity index is 455. The highest BCUT2D eigenvalue weighted by Crippen LogP contribution is 2.23. The minimum absolute atomic E-state index is 0.0191. The van der Waals surface area contributed by atoms with E-state index >= 15 is 0 Å². The molecule has 0 aliphatic heterocycles. The molecule has 1 amide bonds. The van der Waals surface area contributed by atoms with Crippen molar-refractivity contribution in [2.45, 2.75) is 38.6 Å². The Kier molecular flexibility index (Phi) is 3.64. The van der Waals surface area contributed by atoms with E-state index in [1.807, 2.05) is 0 Å². The van der Waals surface area contributed by atoms with Crippen LogP contribution in [0.2, 0.25) is 0 Å². The molecule has 1 saturated carbocycles. The standard InChI is InChI=1S/C12H16N2O4/c1-7-3-2-4-8(5-7)13-11(15)9-6-10(12(16)17)18-14-9/h6-8H,2-5H2,1H3,(H,13,15)(H,16,17). The second kappa shape index (κ2) is 5.20. The molecule has 6 nitrogen and oxygen atoms in total. The van der Waals surface area contributed by atoms with Gasteiger partial charge in [0.2, 0.25) is 5.76 Å². The van der Waals surface area contributed by atoms with Gasteiger partial charge >= 0.3 is 5.97 Å². The van der Waals surface area contributed by atoms with Crippen LogP contribution in [0.15, 0.2) is 10.6 Å². The van der Waals surface area contributed by atoms with Gasteiger partial charge < -0.3 is 14.9 Å². The van der Waals surface area contributed by atoms with Crippen LogP contribution in [0.1, 0.15) is 53.7 Å². The molecule has 0 aromatic carbocycles. The fraction of sp³-hybridized carbons (Fsp3) is 0.583. The van der Waals surface area contributed by atoms with Gasteiger partial charge in [-0.25, -0.2) is 4.79 Å². The highest BCUT2D eigenvalue weighted by atomic mass is 16.5. The summed E-state index contributed by atoms with van der Waals surface area (Å²) in [6.07, 6.45) is 4.21. The van der Waals surface area contributed by atoms with Crippen LogP contribution in [0.4, 0.5) is 0 Å². The van der Waals surface area contributed by atoms with Crippen LogP contribution in [0, 0.1) is 5.92 Å². The second-order valence-corrected chi connectivity index (χ2v) is 4.82. The lowest BCUT2D eigenvalue weighted by atomic mass is 9.87. The van der Waals surface area contributed by atoms with Gasteiger partial charge in [0, 0.05) is 12.1 Å².